The van der Waals surface area contributed by atoms with E-state index in [1.54, 1.807) is 11.3 Å². The molecule has 0 aliphatic rings. The van der Waals surface area contributed by atoms with E-state index in [1.807, 2.05) is 42.8 Å². The van der Waals surface area contributed by atoms with E-state index < -0.39 is 0 Å². The summed E-state index contributed by atoms with van der Waals surface area (Å²) in [4.78, 5) is 7.57. The zero-order chi connectivity index (χ0) is 18.8. The lowest BCUT2D eigenvalue weighted by Gasteiger charge is -2.18. The van der Waals surface area contributed by atoms with E-state index in [-0.39, 0.29) is 6.61 Å². The number of hydrogen-bond donors (Lipinski definition) is 2. The number of likely N-dealkylation sites (N-methyl/N-ethyl adjacent to an activating group) is 1. The summed E-state index contributed by atoms with van der Waals surface area (Å²) < 4.78 is 5.98. The fourth-order valence-electron chi connectivity index (χ4n) is 2.59. The Morgan fingerprint density at radius 1 is 1.31 bits per heavy atom. The molecule has 0 amide bonds. The van der Waals surface area contributed by atoms with Crippen molar-refractivity contribution >= 4 is 22.9 Å². The first-order valence-electron chi connectivity index (χ1n) is 9.07. The minimum atomic E-state index is 0.131. The molecule has 1 aromatic heterocycles. The van der Waals surface area contributed by atoms with Crippen molar-refractivity contribution in [3.05, 3.63) is 46.2 Å². The maximum Gasteiger partial charge on any atom is 0.141 e. The van der Waals surface area contributed by atoms with Crippen LogP contribution in [0.4, 0.5) is 5.69 Å². The quantitative estimate of drug-likeness (QED) is 0.356. The van der Waals surface area contributed by atoms with Gasteiger partial charge in [-0.1, -0.05) is 25.8 Å². The number of unbranched alkanes of at least 4 members (excludes halogenated alkanes) is 2. The van der Waals surface area contributed by atoms with Crippen molar-refractivity contribution in [1.29, 1.82) is 0 Å². The van der Waals surface area contributed by atoms with Gasteiger partial charge in [-0.15, -0.1) is 11.3 Å². The molecule has 0 radical (unpaired) electrons. The number of amidine groups is 1. The molecular formula is C20H29N3O2S. The molecule has 0 saturated carbocycles. The number of nitrogens with two attached hydrogens (primary N) is 1. The Bertz CT molecular complexity index is 686. The van der Waals surface area contributed by atoms with Gasteiger partial charge in [0.1, 0.15) is 11.6 Å². The molecule has 26 heavy (non-hydrogen) atoms. The standard InChI is InChI=1S/C20H29N3O2S/c1-3-4-5-12-25-18-9-8-17(14-16(18)15-23(2)10-11-24)22-20(21)19-7-6-13-26-19/h6-9,13-14,24H,3-5,10-12,15H2,1-2H3,(H2,21,22). The normalized spacial score (nSPS) is 11.9. The predicted molar refractivity (Wildman–Crippen MR) is 110 cm³/mol. The van der Waals surface area contributed by atoms with Crippen LogP contribution in [0.25, 0.3) is 0 Å². The Hall–Kier alpha value is -1.89. The van der Waals surface area contributed by atoms with Crippen LogP contribution in [0, 0.1) is 0 Å². The second-order valence-electron chi connectivity index (χ2n) is 6.28. The van der Waals surface area contributed by atoms with Gasteiger partial charge in [0, 0.05) is 18.7 Å². The first-order chi connectivity index (χ1) is 12.6. The number of thiophene rings is 1. The molecule has 0 spiro atoms. The topological polar surface area (TPSA) is 71.1 Å². The lowest BCUT2D eigenvalue weighted by Crippen LogP contribution is -2.22. The van der Waals surface area contributed by atoms with E-state index in [2.05, 4.69) is 16.8 Å². The van der Waals surface area contributed by atoms with Gasteiger partial charge in [0.25, 0.3) is 0 Å². The molecule has 2 rings (SSSR count). The maximum absolute atomic E-state index is 9.15. The number of benzene rings is 1. The van der Waals surface area contributed by atoms with Crippen LogP contribution in [-0.2, 0) is 6.54 Å². The molecule has 5 nitrogen and oxygen atoms in total. The highest BCUT2D eigenvalue weighted by Gasteiger charge is 2.09. The third kappa shape index (κ3) is 6.44. The SMILES string of the molecule is CCCCCOc1ccc(N=C(N)c2cccs2)cc1CN(C)CCO. The summed E-state index contributed by atoms with van der Waals surface area (Å²) in [5.74, 6) is 1.39. The van der Waals surface area contributed by atoms with Crippen LogP contribution in [-0.4, -0.2) is 42.6 Å². The van der Waals surface area contributed by atoms with Crippen molar-refractivity contribution in [2.24, 2.45) is 10.7 Å². The van der Waals surface area contributed by atoms with Gasteiger partial charge < -0.3 is 15.6 Å². The van der Waals surface area contributed by atoms with Gasteiger partial charge in [-0.2, -0.15) is 0 Å². The number of aliphatic hydroxyl groups excluding tert-OH is 1. The van der Waals surface area contributed by atoms with Crippen molar-refractivity contribution in [2.75, 3.05) is 26.8 Å². The van der Waals surface area contributed by atoms with Gasteiger partial charge in [-0.3, -0.25) is 4.90 Å². The number of ether oxygens (including phenoxy) is 1. The van der Waals surface area contributed by atoms with Gasteiger partial charge in [-0.25, -0.2) is 4.99 Å². The largest absolute Gasteiger partial charge is 0.493 e. The highest BCUT2D eigenvalue weighted by Crippen LogP contribution is 2.27. The summed E-state index contributed by atoms with van der Waals surface area (Å²) >= 11 is 1.57. The van der Waals surface area contributed by atoms with Crippen LogP contribution >= 0.6 is 11.3 Å². The molecule has 1 aromatic carbocycles. The Kier molecular flexibility index (Phi) is 8.61. The summed E-state index contributed by atoms with van der Waals surface area (Å²) in [5, 5.41) is 11.1. The van der Waals surface area contributed by atoms with E-state index in [4.69, 9.17) is 15.6 Å². The van der Waals surface area contributed by atoms with Crippen molar-refractivity contribution in [1.82, 2.24) is 4.90 Å². The fourth-order valence-corrected chi connectivity index (χ4v) is 3.22. The first kappa shape index (κ1) is 20.4. The zero-order valence-electron chi connectivity index (χ0n) is 15.6. The maximum atomic E-state index is 9.15. The molecule has 0 fully saturated rings. The van der Waals surface area contributed by atoms with Gasteiger partial charge >= 0.3 is 0 Å². The van der Waals surface area contributed by atoms with Crippen molar-refractivity contribution < 1.29 is 9.84 Å². The predicted octanol–water partition coefficient (Wildman–Crippen LogP) is 3.78. The van der Waals surface area contributed by atoms with Crippen molar-refractivity contribution in [3.8, 4) is 5.75 Å². The summed E-state index contributed by atoms with van der Waals surface area (Å²) in [6, 6.07) is 9.85. The third-order valence-electron chi connectivity index (χ3n) is 3.99. The molecule has 2 aromatic rings. The molecule has 0 bridgehead atoms. The fraction of sp³-hybridized carbons (Fsp3) is 0.450. The minimum Gasteiger partial charge on any atom is -0.493 e. The van der Waals surface area contributed by atoms with Crippen LogP contribution in [0.1, 0.15) is 36.6 Å². The second kappa shape index (κ2) is 11.0. The molecule has 3 N–H and O–H groups in total. The van der Waals surface area contributed by atoms with Gasteiger partial charge in [0.15, 0.2) is 0 Å². The third-order valence-corrected chi connectivity index (χ3v) is 4.89. The summed E-state index contributed by atoms with van der Waals surface area (Å²) in [6.45, 7) is 4.32. The number of hydrogen-bond acceptors (Lipinski definition) is 5. The Morgan fingerprint density at radius 2 is 2.15 bits per heavy atom. The van der Waals surface area contributed by atoms with Crippen LogP contribution in [0.2, 0.25) is 0 Å². The molecular weight excluding hydrogens is 346 g/mol. The zero-order valence-corrected chi connectivity index (χ0v) is 16.5. The molecule has 0 unspecified atom stereocenters. The number of rotatable bonds is 11. The van der Waals surface area contributed by atoms with Gasteiger partial charge in [0.2, 0.25) is 0 Å². The average Bonchev–Trinajstić information content (AvgIpc) is 3.15. The second-order valence-corrected chi connectivity index (χ2v) is 7.23. The molecule has 1 heterocycles. The van der Waals surface area contributed by atoms with E-state index in [9.17, 15) is 0 Å². The Morgan fingerprint density at radius 3 is 2.85 bits per heavy atom. The average molecular weight is 376 g/mol. The molecule has 0 aliphatic heterocycles. The lowest BCUT2D eigenvalue weighted by molar-refractivity contribution is 0.214. The van der Waals surface area contributed by atoms with Crippen molar-refractivity contribution in [2.45, 2.75) is 32.7 Å². The van der Waals surface area contributed by atoms with E-state index >= 15 is 0 Å². The summed E-state index contributed by atoms with van der Waals surface area (Å²) in [5.41, 5.74) is 7.97. The lowest BCUT2D eigenvalue weighted by atomic mass is 10.1. The summed E-state index contributed by atoms with van der Waals surface area (Å²) in [6.07, 6.45) is 3.39. The Balaban J connectivity index is 2.18. The molecule has 6 heteroatoms. The van der Waals surface area contributed by atoms with Gasteiger partial charge in [0.05, 0.1) is 23.8 Å². The monoisotopic (exact) mass is 375 g/mol. The highest BCUT2D eigenvalue weighted by atomic mass is 32.1. The van der Waals surface area contributed by atoms with Crippen molar-refractivity contribution in [3.63, 3.8) is 0 Å². The van der Waals surface area contributed by atoms with Crippen LogP contribution in [0.3, 0.4) is 0 Å². The highest BCUT2D eigenvalue weighted by molar-refractivity contribution is 7.12. The smallest absolute Gasteiger partial charge is 0.141 e. The van der Waals surface area contributed by atoms with E-state index in [0.29, 0.717) is 25.5 Å². The van der Waals surface area contributed by atoms with Gasteiger partial charge in [-0.05, 0) is 43.1 Å². The minimum absolute atomic E-state index is 0.131. The number of aliphatic imine (C=N–C) groups is 1. The number of aliphatic hydroxyl groups is 1. The van der Waals surface area contributed by atoms with E-state index in [1.165, 1.54) is 12.8 Å². The molecule has 142 valence electrons. The summed E-state index contributed by atoms with van der Waals surface area (Å²) in [7, 11) is 1.98. The Labute approximate surface area is 160 Å². The van der Waals surface area contributed by atoms with Crippen LogP contribution in [0.5, 0.6) is 5.75 Å². The molecule has 0 aliphatic carbocycles. The van der Waals surface area contributed by atoms with E-state index in [0.717, 1.165) is 28.3 Å². The van der Waals surface area contributed by atoms with Crippen LogP contribution in [0.15, 0.2) is 40.7 Å². The van der Waals surface area contributed by atoms with Crippen LogP contribution < -0.4 is 10.5 Å². The molecule has 0 saturated heterocycles. The first-order valence-corrected chi connectivity index (χ1v) is 9.95. The molecule has 0 atom stereocenters. The number of nitrogens with zero attached hydrogens (tertiary/aromatic N) is 2.